The maximum atomic E-state index is 11.9. The van der Waals surface area contributed by atoms with Gasteiger partial charge in [-0.2, -0.15) is 5.26 Å². The molecule has 0 unspecified atom stereocenters. The average molecular weight is 287 g/mol. The Bertz CT molecular complexity index is 545. The molecule has 21 heavy (non-hydrogen) atoms. The monoisotopic (exact) mass is 287 g/mol. The van der Waals surface area contributed by atoms with E-state index in [1.807, 2.05) is 0 Å². The lowest BCUT2D eigenvalue weighted by atomic mass is 9.83. The van der Waals surface area contributed by atoms with Crippen molar-refractivity contribution in [3.8, 4) is 6.07 Å². The van der Waals surface area contributed by atoms with Gasteiger partial charge >= 0.3 is 5.97 Å². The average Bonchev–Trinajstić information content (AvgIpc) is 2.54. The number of esters is 1. The summed E-state index contributed by atoms with van der Waals surface area (Å²) in [4.78, 5) is 27.4. The van der Waals surface area contributed by atoms with Crippen LogP contribution in [-0.2, 0) is 9.53 Å². The maximum absolute atomic E-state index is 11.9. The van der Waals surface area contributed by atoms with E-state index in [4.69, 9.17) is 4.74 Å². The molecular formula is C15H17N3O3. The molecule has 1 aliphatic carbocycles. The lowest BCUT2D eigenvalue weighted by molar-refractivity contribution is -0.125. The number of amides is 1. The van der Waals surface area contributed by atoms with Gasteiger partial charge < -0.3 is 10.1 Å². The normalized spacial score (nSPS) is 16.5. The number of nitriles is 1. The molecule has 0 radical (unpaired) electrons. The van der Waals surface area contributed by atoms with Crippen LogP contribution in [0, 0.1) is 11.3 Å². The van der Waals surface area contributed by atoms with E-state index < -0.39 is 17.4 Å². The van der Waals surface area contributed by atoms with E-state index in [9.17, 15) is 14.9 Å². The molecule has 0 atom stereocenters. The van der Waals surface area contributed by atoms with Crippen molar-refractivity contribution in [2.45, 2.75) is 37.6 Å². The van der Waals surface area contributed by atoms with Crippen molar-refractivity contribution >= 4 is 11.9 Å². The molecule has 0 spiro atoms. The molecule has 110 valence electrons. The molecule has 1 aromatic rings. The Kier molecular flexibility index (Phi) is 4.88. The van der Waals surface area contributed by atoms with Gasteiger partial charge in [0.1, 0.15) is 5.54 Å². The van der Waals surface area contributed by atoms with Crippen LogP contribution >= 0.6 is 0 Å². The summed E-state index contributed by atoms with van der Waals surface area (Å²) in [5.41, 5.74) is -0.469. The smallest absolute Gasteiger partial charge is 0.338 e. The zero-order chi connectivity index (χ0) is 15.1. The van der Waals surface area contributed by atoms with Crippen molar-refractivity contribution in [1.29, 1.82) is 5.26 Å². The number of pyridine rings is 1. The quantitative estimate of drug-likeness (QED) is 0.849. The number of aromatic nitrogens is 1. The third kappa shape index (κ3) is 4.02. The second kappa shape index (κ2) is 6.84. The van der Waals surface area contributed by atoms with Gasteiger partial charge in [-0.25, -0.2) is 4.79 Å². The first-order valence-corrected chi connectivity index (χ1v) is 6.95. The zero-order valence-corrected chi connectivity index (χ0v) is 11.7. The fourth-order valence-corrected chi connectivity index (χ4v) is 2.43. The number of carbonyl (C=O) groups is 2. The summed E-state index contributed by atoms with van der Waals surface area (Å²) in [6, 6.07) is 5.21. The molecule has 1 aromatic heterocycles. The van der Waals surface area contributed by atoms with Crippen LogP contribution in [-0.4, -0.2) is 29.0 Å². The van der Waals surface area contributed by atoms with Crippen LogP contribution in [0.15, 0.2) is 24.5 Å². The number of rotatable bonds is 4. The van der Waals surface area contributed by atoms with E-state index in [1.165, 1.54) is 24.5 Å². The summed E-state index contributed by atoms with van der Waals surface area (Å²) in [5.74, 6) is -1.02. The van der Waals surface area contributed by atoms with E-state index in [0.717, 1.165) is 19.3 Å². The van der Waals surface area contributed by atoms with E-state index >= 15 is 0 Å². The lowest BCUT2D eigenvalue weighted by Gasteiger charge is -2.31. The molecule has 1 N–H and O–H groups in total. The first-order chi connectivity index (χ1) is 10.2. The lowest BCUT2D eigenvalue weighted by Crippen LogP contribution is -2.50. The molecule has 6 heteroatoms. The summed E-state index contributed by atoms with van der Waals surface area (Å²) in [6.45, 7) is -0.384. The first kappa shape index (κ1) is 15.0. The summed E-state index contributed by atoms with van der Waals surface area (Å²) < 4.78 is 4.93. The van der Waals surface area contributed by atoms with Crippen molar-refractivity contribution in [3.05, 3.63) is 30.1 Å². The molecule has 0 aliphatic heterocycles. The third-order valence-corrected chi connectivity index (χ3v) is 3.55. The number of nitrogens with zero attached hydrogens (tertiary/aromatic N) is 2. The van der Waals surface area contributed by atoms with Gasteiger partial charge in [0.05, 0.1) is 11.6 Å². The van der Waals surface area contributed by atoms with Crippen molar-refractivity contribution < 1.29 is 14.3 Å². The molecule has 0 aromatic carbocycles. The molecule has 2 rings (SSSR count). The number of ether oxygens (including phenoxy) is 1. The van der Waals surface area contributed by atoms with E-state index in [-0.39, 0.29) is 6.61 Å². The summed E-state index contributed by atoms with van der Waals surface area (Å²) in [5, 5.41) is 12.0. The largest absolute Gasteiger partial charge is 0.452 e. The van der Waals surface area contributed by atoms with Crippen molar-refractivity contribution in [2.75, 3.05) is 6.61 Å². The van der Waals surface area contributed by atoms with Gasteiger partial charge in [-0.3, -0.25) is 9.78 Å². The van der Waals surface area contributed by atoms with Gasteiger partial charge in [0.15, 0.2) is 6.61 Å². The predicted octanol–water partition coefficient (Wildman–Crippen LogP) is 1.58. The highest BCUT2D eigenvalue weighted by molar-refractivity contribution is 5.91. The molecule has 1 saturated carbocycles. The first-order valence-electron chi connectivity index (χ1n) is 6.95. The highest BCUT2D eigenvalue weighted by Gasteiger charge is 2.33. The maximum Gasteiger partial charge on any atom is 0.338 e. The summed E-state index contributed by atoms with van der Waals surface area (Å²) in [7, 11) is 0. The molecule has 1 fully saturated rings. The molecular weight excluding hydrogens is 270 g/mol. The van der Waals surface area contributed by atoms with Crippen LogP contribution in [0.2, 0.25) is 0 Å². The van der Waals surface area contributed by atoms with Gasteiger partial charge in [-0.15, -0.1) is 0 Å². The topological polar surface area (TPSA) is 92.1 Å². The highest BCUT2D eigenvalue weighted by atomic mass is 16.5. The van der Waals surface area contributed by atoms with Crippen molar-refractivity contribution in [1.82, 2.24) is 10.3 Å². The minimum Gasteiger partial charge on any atom is -0.452 e. The molecule has 0 bridgehead atoms. The number of hydrogen-bond donors (Lipinski definition) is 1. The van der Waals surface area contributed by atoms with Crippen LogP contribution in [0.3, 0.4) is 0 Å². The van der Waals surface area contributed by atoms with Gasteiger partial charge in [0.25, 0.3) is 5.91 Å². The van der Waals surface area contributed by atoms with Crippen LogP contribution < -0.4 is 5.32 Å². The van der Waals surface area contributed by atoms with Gasteiger partial charge in [-0.1, -0.05) is 19.3 Å². The summed E-state index contributed by atoms with van der Waals surface area (Å²) in [6.07, 6.45) is 7.17. The second-order valence-electron chi connectivity index (χ2n) is 5.11. The van der Waals surface area contributed by atoms with Crippen LogP contribution in [0.5, 0.6) is 0 Å². The Labute approximate surface area is 123 Å². The second-order valence-corrected chi connectivity index (χ2v) is 5.11. The standard InChI is InChI=1S/C15H17N3O3/c16-11-15(6-2-1-3-7-15)18-13(19)10-21-14(20)12-4-8-17-9-5-12/h4-5,8-9H,1-3,6-7,10H2,(H,18,19). The molecule has 1 amide bonds. The minimum atomic E-state index is -0.807. The molecule has 0 saturated heterocycles. The van der Waals surface area contributed by atoms with Crippen LogP contribution in [0.1, 0.15) is 42.5 Å². The fourth-order valence-electron chi connectivity index (χ4n) is 2.43. The summed E-state index contributed by atoms with van der Waals surface area (Å²) >= 11 is 0. The van der Waals surface area contributed by atoms with Gasteiger partial charge in [0.2, 0.25) is 0 Å². The fraction of sp³-hybridized carbons (Fsp3) is 0.467. The third-order valence-electron chi connectivity index (χ3n) is 3.55. The molecule has 1 aliphatic rings. The van der Waals surface area contributed by atoms with Crippen LogP contribution in [0.25, 0.3) is 0 Å². The van der Waals surface area contributed by atoms with Crippen molar-refractivity contribution in [2.24, 2.45) is 0 Å². The van der Waals surface area contributed by atoms with Crippen molar-refractivity contribution in [3.63, 3.8) is 0 Å². The Hall–Kier alpha value is -2.42. The van der Waals surface area contributed by atoms with E-state index in [2.05, 4.69) is 16.4 Å². The van der Waals surface area contributed by atoms with Gasteiger partial charge in [-0.05, 0) is 25.0 Å². The predicted molar refractivity (Wildman–Crippen MR) is 74.1 cm³/mol. The van der Waals surface area contributed by atoms with Crippen LogP contribution in [0.4, 0.5) is 0 Å². The molecule has 6 nitrogen and oxygen atoms in total. The van der Waals surface area contributed by atoms with Gasteiger partial charge in [0, 0.05) is 12.4 Å². The minimum absolute atomic E-state index is 0.338. The Morgan fingerprint density at radius 2 is 1.95 bits per heavy atom. The number of nitrogens with one attached hydrogen (secondary N) is 1. The van der Waals surface area contributed by atoms with E-state index in [1.54, 1.807) is 0 Å². The Morgan fingerprint density at radius 3 is 2.57 bits per heavy atom. The Balaban J connectivity index is 1.85. The highest BCUT2D eigenvalue weighted by Crippen LogP contribution is 2.27. The zero-order valence-electron chi connectivity index (χ0n) is 11.7. The molecule has 1 heterocycles. The van der Waals surface area contributed by atoms with E-state index in [0.29, 0.717) is 18.4 Å². The Morgan fingerprint density at radius 1 is 1.29 bits per heavy atom. The number of hydrogen-bond acceptors (Lipinski definition) is 5. The SMILES string of the molecule is N#CC1(NC(=O)COC(=O)c2ccncc2)CCCCC1. The number of carbonyl (C=O) groups excluding carboxylic acids is 2.